The molecule has 2 N–H and O–H groups in total. The molecule has 5 nitrogen and oxygen atoms in total. The van der Waals surface area contributed by atoms with Gasteiger partial charge in [-0.15, -0.1) is 0 Å². The minimum Gasteiger partial charge on any atom is -0.346 e. The van der Waals surface area contributed by atoms with Crippen LogP contribution in [0, 0.1) is 0 Å². The fourth-order valence-electron chi connectivity index (χ4n) is 1.55. The van der Waals surface area contributed by atoms with Gasteiger partial charge < -0.3 is 15.5 Å². The van der Waals surface area contributed by atoms with Gasteiger partial charge in [0.15, 0.2) is 0 Å². The quantitative estimate of drug-likeness (QED) is 0.637. The van der Waals surface area contributed by atoms with E-state index >= 15 is 0 Å². The molecule has 1 rings (SSSR count). The molecule has 0 aromatic rings. The molecule has 86 valence electrons. The van der Waals surface area contributed by atoms with E-state index in [1.165, 1.54) is 0 Å². The second-order valence-corrected chi connectivity index (χ2v) is 3.64. The van der Waals surface area contributed by atoms with Crippen LogP contribution in [0.2, 0.25) is 0 Å². The SMILES string of the molecule is CCNCC(=O)NCC(=O)N1CCCC1. The fraction of sp³-hybridized carbons (Fsp3) is 0.800. The smallest absolute Gasteiger partial charge is 0.241 e. The van der Waals surface area contributed by atoms with E-state index in [-0.39, 0.29) is 24.9 Å². The lowest BCUT2D eigenvalue weighted by molar-refractivity contribution is -0.131. The van der Waals surface area contributed by atoms with Crippen molar-refractivity contribution in [1.29, 1.82) is 0 Å². The van der Waals surface area contributed by atoms with Crippen LogP contribution in [0.4, 0.5) is 0 Å². The van der Waals surface area contributed by atoms with E-state index in [0.717, 1.165) is 32.5 Å². The predicted molar refractivity (Wildman–Crippen MR) is 57.4 cm³/mol. The van der Waals surface area contributed by atoms with E-state index in [9.17, 15) is 9.59 Å². The Balaban J connectivity index is 2.12. The molecule has 1 fully saturated rings. The van der Waals surface area contributed by atoms with Gasteiger partial charge in [0, 0.05) is 13.1 Å². The van der Waals surface area contributed by atoms with E-state index < -0.39 is 0 Å². The number of nitrogens with one attached hydrogen (secondary N) is 2. The van der Waals surface area contributed by atoms with Crippen LogP contribution in [-0.4, -0.2) is 49.4 Å². The Bertz CT molecular complexity index is 225. The van der Waals surface area contributed by atoms with E-state index in [4.69, 9.17) is 0 Å². The Morgan fingerprint density at radius 3 is 2.47 bits per heavy atom. The lowest BCUT2D eigenvalue weighted by atomic mass is 10.4. The minimum atomic E-state index is -0.121. The molecule has 0 atom stereocenters. The summed E-state index contributed by atoms with van der Waals surface area (Å²) in [6.45, 7) is 4.77. The van der Waals surface area contributed by atoms with Crippen molar-refractivity contribution in [3.8, 4) is 0 Å². The standard InChI is InChI=1S/C10H19N3O2/c1-2-11-7-9(14)12-8-10(15)13-5-3-4-6-13/h11H,2-8H2,1H3,(H,12,14). The number of hydrogen-bond donors (Lipinski definition) is 2. The number of hydrogen-bond acceptors (Lipinski definition) is 3. The summed E-state index contributed by atoms with van der Waals surface area (Å²) in [5.41, 5.74) is 0. The van der Waals surface area contributed by atoms with Crippen LogP contribution in [0.25, 0.3) is 0 Å². The number of likely N-dealkylation sites (tertiary alicyclic amines) is 1. The average molecular weight is 213 g/mol. The van der Waals surface area contributed by atoms with Crippen molar-refractivity contribution in [3.05, 3.63) is 0 Å². The lowest BCUT2D eigenvalue weighted by Crippen LogP contribution is -2.41. The molecule has 0 aromatic heterocycles. The zero-order valence-electron chi connectivity index (χ0n) is 9.21. The first kappa shape index (κ1) is 12.0. The van der Waals surface area contributed by atoms with Gasteiger partial charge in [0.2, 0.25) is 11.8 Å². The lowest BCUT2D eigenvalue weighted by Gasteiger charge is -2.15. The summed E-state index contributed by atoms with van der Waals surface area (Å²) in [5.74, 6) is -0.0956. The third-order valence-electron chi connectivity index (χ3n) is 2.43. The van der Waals surface area contributed by atoms with E-state index in [1.807, 2.05) is 6.92 Å². The second-order valence-electron chi connectivity index (χ2n) is 3.64. The first-order valence-electron chi connectivity index (χ1n) is 5.49. The van der Waals surface area contributed by atoms with Crippen molar-refractivity contribution in [2.45, 2.75) is 19.8 Å². The number of amides is 2. The predicted octanol–water partition coefficient (Wildman–Crippen LogP) is -0.665. The van der Waals surface area contributed by atoms with Gasteiger partial charge in [-0.3, -0.25) is 9.59 Å². The summed E-state index contributed by atoms with van der Waals surface area (Å²) >= 11 is 0. The van der Waals surface area contributed by atoms with Crippen LogP contribution in [0.1, 0.15) is 19.8 Å². The van der Waals surface area contributed by atoms with Gasteiger partial charge in [-0.25, -0.2) is 0 Å². The highest BCUT2D eigenvalue weighted by Crippen LogP contribution is 2.06. The van der Waals surface area contributed by atoms with Gasteiger partial charge in [0.05, 0.1) is 13.1 Å². The Labute approximate surface area is 90.2 Å². The maximum Gasteiger partial charge on any atom is 0.241 e. The summed E-state index contributed by atoms with van der Waals surface area (Å²) in [4.78, 5) is 24.5. The topological polar surface area (TPSA) is 61.4 Å². The maximum atomic E-state index is 11.5. The van der Waals surface area contributed by atoms with E-state index in [2.05, 4.69) is 10.6 Å². The molecule has 0 bridgehead atoms. The van der Waals surface area contributed by atoms with Crippen molar-refractivity contribution in [2.24, 2.45) is 0 Å². The van der Waals surface area contributed by atoms with Gasteiger partial charge >= 0.3 is 0 Å². The van der Waals surface area contributed by atoms with Crippen LogP contribution < -0.4 is 10.6 Å². The van der Waals surface area contributed by atoms with E-state index in [1.54, 1.807) is 4.90 Å². The van der Waals surface area contributed by atoms with Crippen LogP contribution in [-0.2, 0) is 9.59 Å². The van der Waals surface area contributed by atoms with Crippen LogP contribution in [0.5, 0.6) is 0 Å². The average Bonchev–Trinajstić information content (AvgIpc) is 2.76. The molecule has 0 radical (unpaired) electrons. The third-order valence-corrected chi connectivity index (χ3v) is 2.43. The molecule has 0 aromatic carbocycles. The largest absolute Gasteiger partial charge is 0.346 e. The Hall–Kier alpha value is -1.10. The van der Waals surface area contributed by atoms with Gasteiger partial charge in [-0.2, -0.15) is 0 Å². The highest BCUT2D eigenvalue weighted by Gasteiger charge is 2.17. The molecular formula is C10H19N3O2. The minimum absolute atomic E-state index is 0.0253. The Kier molecular flexibility index (Phi) is 5.10. The zero-order chi connectivity index (χ0) is 11.1. The number of carbonyl (C=O) groups excluding carboxylic acids is 2. The van der Waals surface area contributed by atoms with Crippen molar-refractivity contribution in [1.82, 2.24) is 15.5 Å². The molecule has 1 aliphatic rings. The highest BCUT2D eigenvalue weighted by atomic mass is 16.2. The highest BCUT2D eigenvalue weighted by molar-refractivity contribution is 5.85. The number of nitrogens with zero attached hydrogens (tertiary/aromatic N) is 1. The zero-order valence-corrected chi connectivity index (χ0v) is 9.21. The Morgan fingerprint density at radius 1 is 1.20 bits per heavy atom. The molecule has 5 heteroatoms. The monoisotopic (exact) mass is 213 g/mol. The molecule has 1 saturated heterocycles. The van der Waals surface area contributed by atoms with Crippen LogP contribution >= 0.6 is 0 Å². The van der Waals surface area contributed by atoms with Crippen molar-refractivity contribution < 1.29 is 9.59 Å². The van der Waals surface area contributed by atoms with Crippen LogP contribution in [0.15, 0.2) is 0 Å². The molecule has 2 amide bonds. The Morgan fingerprint density at radius 2 is 1.87 bits per heavy atom. The number of carbonyl (C=O) groups is 2. The number of likely N-dealkylation sites (N-methyl/N-ethyl adjacent to an activating group) is 1. The maximum absolute atomic E-state index is 11.5. The van der Waals surface area contributed by atoms with Crippen LogP contribution in [0.3, 0.4) is 0 Å². The fourth-order valence-corrected chi connectivity index (χ4v) is 1.55. The first-order valence-corrected chi connectivity index (χ1v) is 5.49. The summed E-state index contributed by atoms with van der Waals surface area (Å²) in [6.07, 6.45) is 2.16. The van der Waals surface area contributed by atoms with Gasteiger partial charge in [-0.1, -0.05) is 6.92 Å². The molecule has 0 aliphatic carbocycles. The molecular weight excluding hydrogens is 194 g/mol. The molecule has 1 heterocycles. The molecule has 0 saturated carbocycles. The van der Waals surface area contributed by atoms with E-state index in [0.29, 0.717) is 0 Å². The molecule has 1 aliphatic heterocycles. The van der Waals surface area contributed by atoms with Gasteiger partial charge in [0.25, 0.3) is 0 Å². The first-order chi connectivity index (χ1) is 7.24. The van der Waals surface area contributed by atoms with Crippen molar-refractivity contribution in [3.63, 3.8) is 0 Å². The normalized spacial score (nSPS) is 15.4. The molecule has 0 spiro atoms. The molecule has 15 heavy (non-hydrogen) atoms. The van der Waals surface area contributed by atoms with Gasteiger partial charge in [-0.05, 0) is 19.4 Å². The summed E-state index contributed by atoms with van der Waals surface area (Å²) in [5, 5.41) is 5.51. The summed E-state index contributed by atoms with van der Waals surface area (Å²) in [7, 11) is 0. The van der Waals surface area contributed by atoms with Gasteiger partial charge in [0.1, 0.15) is 0 Å². The van der Waals surface area contributed by atoms with Crippen molar-refractivity contribution in [2.75, 3.05) is 32.7 Å². The third kappa shape index (κ3) is 4.29. The second kappa shape index (κ2) is 6.40. The molecule has 0 unspecified atom stereocenters. The number of rotatable bonds is 5. The summed E-state index contributed by atoms with van der Waals surface area (Å²) < 4.78 is 0. The van der Waals surface area contributed by atoms with Crippen molar-refractivity contribution >= 4 is 11.8 Å². The summed E-state index contributed by atoms with van der Waals surface area (Å²) in [6, 6.07) is 0.